The SMILES string of the molecule is C1=CCC2C(=C1)OC1=C(CCC=C1)N2c1ccccc1. The van der Waals surface area contributed by atoms with E-state index in [2.05, 4.69) is 65.6 Å². The summed E-state index contributed by atoms with van der Waals surface area (Å²) in [4.78, 5) is 2.46. The Hall–Kier alpha value is -2.22. The van der Waals surface area contributed by atoms with Gasteiger partial charge in [0.2, 0.25) is 0 Å². The first kappa shape index (κ1) is 11.6. The molecule has 0 saturated heterocycles. The Labute approximate surface area is 119 Å². The van der Waals surface area contributed by atoms with E-state index in [0.717, 1.165) is 30.8 Å². The first-order valence-electron chi connectivity index (χ1n) is 7.22. The molecule has 0 N–H and O–H groups in total. The van der Waals surface area contributed by atoms with Crippen molar-refractivity contribution in [2.45, 2.75) is 25.3 Å². The summed E-state index contributed by atoms with van der Waals surface area (Å²) < 4.78 is 6.11. The lowest BCUT2D eigenvalue weighted by Crippen LogP contribution is -2.41. The molecule has 0 radical (unpaired) electrons. The quantitative estimate of drug-likeness (QED) is 0.749. The number of ether oxygens (including phenoxy) is 1. The highest BCUT2D eigenvalue weighted by molar-refractivity contribution is 5.59. The van der Waals surface area contributed by atoms with E-state index in [1.54, 1.807) is 0 Å². The van der Waals surface area contributed by atoms with Gasteiger partial charge in [-0.2, -0.15) is 0 Å². The van der Waals surface area contributed by atoms with Crippen molar-refractivity contribution in [3.8, 4) is 0 Å². The highest BCUT2D eigenvalue weighted by Crippen LogP contribution is 2.39. The van der Waals surface area contributed by atoms with Crippen LogP contribution in [0.5, 0.6) is 0 Å². The predicted molar refractivity (Wildman–Crippen MR) is 81.0 cm³/mol. The van der Waals surface area contributed by atoms with Crippen LogP contribution in [0.1, 0.15) is 19.3 Å². The Kier molecular flexibility index (Phi) is 2.73. The Balaban J connectivity index is 1.85. The maximum Gasteiger partial charge on any atom is 0.146 e. The van der Waals surface area contributed by atoms with Gasteiger partial charge in [-0.05, 0) is 43.5 Å². The zero-order valence-electron chi connectivity index (χ0n) is 11.3. The van der Waals surface area contributed by atoms with Crippen LogP contribution in [0, 0.1) is 0 Å². The topological polar surface area (TPSA) is 12.5 Å². The molecule has 2 heteroatoms. The third-order valence-corrected chi connectivity index (χ3v) is 4.05. The molecule has 1 aromatic rings. The van der Waals surface area contributed by atoms with Gasteiger partial charge in [-0.25, -0.2) is 0 Å². The van der Waals surface area contributed by atoms with Gasteiger partial charge in [-0.1, -0.05) is 36.4 Å². The predicted octanol–water partition coefficient (Wildman–Crippen LogP) is 4.30. The summed E-state index contributed by atoms with van der Waals surface area (Å²) in [5.41, 5.74) is 2.57. The number of hydrogen-bond acceptors (Lipinski definition) is 2. The smallest absolute Gasteiger partial charge is 0.146 e. The number of fused-ring (bicyclic) bond motifs is 1. The van der Waals surface area contributed by atoms with Gasteiger partial charge < -0.3 is 9.64 Å². The molecule has 1 heterocycles. The molecule has 2 aliphatic carbocycles. The second-order valence-electron chi connectivity index (χ2n) is 5.31. The van der Waals surface area contributed by atoms with Crippen molar-refractivity contribution < 1.29 is 4.74 Å². The Morgan fingerprint density at radius 3 is 2.90 bits per heavy atom. The van der Waals surface area contributed by atoms with Crippen LogP contribution in [0.2, 0.25) is 0 Å². The Bertz CT molecular complexity index is 637. The van der Waals surface area contributed by atoms with Crippen molar-refractivity contribution >= 4 is 5.69 Å². The maximum absolute atomic E-state index is 6.11. The van der Waals surface area contributed by atoms with E-state index in [1.165, 1.54) is 11.4 Å². The summed E-state index contributed by atoms with van der Waals surface area (Å²) in [5, 5.41) is 0. The summed E-state index contributed by atoms with van der Waals surface area (Å²) >= 11 is 0. The fourth-order valence-electron chi connectivity index (χ4n) is 3.13. The van der Waals surface area contributed by atoms with Gasteiger partial charge in [0.25, 0.3) is 0 Å². The van der Waals surface area contributed by atoms with Gasteiger partial charge in [0.1, 0.15) is 11.5 Å². The number of anilines is 1. The van der Waals surface area contributed by atoms with Crippen LogP contribution < -0.4 is 4.90 Å². The molecule has 0 spiro atoms. The van der Waals surface area contributed by atoms with Crippen LogP contribution in [0.15, 0.2) is 77.9 Å². The van der Waals surface area contributed by atoms with Gasteiger partial charge in [0.15, 0.2) is 0 Å². The second-order valence-corrected chi connectivity index (χ2v) is 5.31. The first-order valence-corrected chi connectivity index (χ1v) is 7.22. The molecule has 1 atom stereocenters. The average molecular weight is 263 g/mol. The van der Waals surface area contributed by atoms with E-state index in [-0.39, 0.29) is 0 Å². The van der Waals surface area contributed by atoms with E-state index < -0.39 is 0 Å². The lowest BCUT2D eigenvalue weighted by Gasteiger charge is -2.42. The largest absolute Gasteiger partial charge is 0.458 e. The molecule has 100 valence electrons. The van der Waals surface area contributed by atoms with Crippen LogP contribution in [-0.2, 0) is 4.74 Å². The summed E-state index contributed by atoms with van der Waals surface area (Å²) in [6.45, 7) is 0. The zero-order valence-corrected chi connectivity index (χ0v) is 11.3. The summed E-state index contributed by atoms with van der Waals surface area (Å²) in [7, 11) is 0. The van der Waals surface area contributed by atoms with Gasteiger partial charge in [0, 0.05) is 5.69 Å². The van der Waals surface area contributed by atoms with E-state index in [4.69, 9.17) is 4.74 Å². The molecule has 0 saturated carbocycles. The van der Waals surface area contributed by atoms with Crippen molar-refractivity contribution in [3.05, 3.63) is 77.9 Å². The molecular weight excluding hydrogens is 246 g/mol. The fourth-order valence-corrected chi connectivity index (χ4v) is 3.13. The number of benzene rings is 1. The van der Waals surface area contributed by atoms with Crippen molar-refractivity contribution in [1.29, 1.82) is 0 Å². The normalized spacial score (nSPS) is 23.9. The highest BCUT2D eigenvalue weighted by Gasteiger charge is 2.34. The van der Waals surface area contributed by atoms with Crippen molar-refractivity contribution in [3.63, 3.8) is 0 Å². The van der Waals surface area contributed by atoms with Crippen molar-refractivity contribution in [2.75, 3.05) is 4.90 Å². The van der Waals surface area contributed by atoms with E-state index in [9.17, 15) is 0 Å². The van der Waals surface area contributed by atoms with E-state index in [1.807, 2.05) is 0 Å². The van der Waals surface area contributed by atoms with Crippen molar-refractivity contribution in [1.82, 2.24) is 0 Å². The molecule has 3 aliphatic rings. The van der Waals surface area contributed by atoms with Gasteiger partial charge in [0.05, 0.1) is 11.7 Å². The molecule has 0 amide bonds. The molecule has 1 aromatic carbocycles. The van der Waals surface area contributed by atoms with Crippen LogP contribution in [-0.4, -0.2) is 6.04 Å². The minimum Gasteiger partial charge on any atom is -0.458 e. The minimum absolute atomic E-state index is 0.299. The maximum atomic E-state index is 6.11. The summed E-state index contributed by atoms with van der Waals surface area (Å²) in [5.74, 6) is 2.07. The molecule has 4 rings (SSSR count). The second kappa shape index (κ2) is 4.71. The molecule has 1 unspecified atom stereocenters. The number of para-hydroxylation sites is 1. The molecule has 0 aromatic heterocycles. The minimum atomic E-state index is 0.299. The fraction of sp³-hybridized carbons (Fsp3) is 0.222. The molecule has 0 fully saturated rings. The summed E-state index contributed by atoms with van der Waals surface area (Å²) in [6.07, 6.45) is 13.9. The number of rotatable bonds is 1. The van der Waals surface area contributed by atoms with Crippen LogP contribution in [0.3, 0.4) is 0 Å². The lowest BCUT2D eigenvalue weighted by molar-refractivity contribution is 0.258. The third-order valence-electron chi connectivity index (χ3n) is 4.05. The van der Waals surface area contributed by atoms with E-state index >= 15 is 0 Å². The standard InChI is InChI=1S/C18H17NO/c1-2-8-14(9-3-1)19-15-10-4-6-12-17(15)20-18-13-7-5-11-16(18)19/h1-4,6-9,12-13,15H,5,10-11H2. The summed E-state index contributed by atoms with van der Waals surface area (Å²) in [6, 6.07) is 10.9. The first-order chi connectivity index (χ1) is 9.93. The van der Waals surface area contributed by atoms with E-state index in [0.29, 0.717) is 6.04 Å². The molecule has 2 nitrogen and oxygen atoms in total. The number of allylic oxidation sites excluding steroid dienone is 5. The number of nitrogens with zero attached hydrogens (tertiary/aromatic N) is 1. The zero-order chi connectivity index (χ0) is 13.4. The Morgan fingerprint density at radius 1 is 1.10 bits per heavy atom. The molecule has 1 aliphatic heterocycles. The van der Waals surface area contributed by atoms with Crippen LogP contribution in [0.4, 0.5) is 5.69 Å². The number of hydrogen-bond donors (Lipinski definition) is 0. The van der Waals surface area contributed by atoms with Gasteiger partial charge in [-0.15, -0.1) is 0 Å². The molecule has 20 heavy (non-hydrogen) atoms. The van der Waals surface area contributed by atoms with Crippen molar-refractivity contribution in [2.24, 2.45) is 0 Å². The molecule has 0 bridgehead atoms. The Morgan fingerprint density at radius 2 is 2.00 bits per heavy atom. The van der Waals surface area contributed by atoms with Gasteiger partial charge in [-0.3, -0.25) is 0 Å². The van der Waals surface area contributed by atoms with Crippen LogP contribution >= 0.6 is 0 Å². The molecular formula is C18H17NO. The van der Waals surface area contributed by atoms with Gasteiger partial charge >= 0.3 is 0 Å². The highest BCUT2D eigenvalue weighted by atomic mass is 16.5. The third kappa shape index (κ3) is 1.80. The van der Waals surface area contributed by atoms with Crippen LogP contribution in [0.25, 0.3) is 0 Å². The monoisotopic (exact) mass is 263 g/mol. The lowest BCUT2D eigenvalue weighted by atomic mass is 9.97. The average Bonchev–Trinajstić information content (AvgIpc) is 2.53.